The largest absolute Gasteiger partial charge is 0.465 e. The number of hydrogen-bond donors (Lipinski definition) is 1. The molecule has 6 heteroatoms. The quantitative estimate of drug-likeness (QED) is 0.745. The van der Waals surface area contributed by atoms with E-state index in [2.05, 4.69) is 0 Å². The van der Waals surface area contributed by atoms with Crippen LogP contribution >= 0.6 is 0 Å². The van der Waals surface area contributed by atoms with Gasteiger partial charge in [0.1, 0.15) is 6.04 Å². The molecule has 16 heavy (non-hydrogen) atoms. The molecule has 1 atom stereocenters. The van der Waals surface area contributed by atoms with Crippen LogP contribution in [0.5, 0.6) is 0 Å². The molecule has 1 aliphatic rings. The van der Waals surface area contributed by atoms with Gasteiger partial charge in [0.15, 0.2) is 0 Å². The van der Waals surface area contributed by atoms with E-state index in [1.165, 1.54) is 18.2 Å². The van der Waals surface area contributed by atoms with Crippen molar-refractivity contribution in [3.8, 4) is 0 Å². The van der Waals surface area contributed by atoms with Gasteiger partial charge in [-0.05, 0) is 11.6 Å². The van der Waals surface area contributed by atoms with Crippen molar-refractivity contribution in [2.45, 2.75) is 18.6 Å². The molecule has 1 heterocycles. The van der Waals surface area contributed by atoms with Gasteiger partial charge in [0.25, 0.3) is 0 Å². The third-order valence-corrected chi connectivity index (χ3v) is 2.56. The molecule has 3 nitrogen and oxygen atoms in total. The van der Waals surface area contributed by atoms with Crippen LogP contribution in [0.1, 0.15) is 5.56 Å². The highest BCUT2D eigenvalue weighted by molar-refractivity contribution is 5.90. The van der Waals surface area contributed by atoms with E-state index in [-0.39, 0.29) is 12.1 Å². The Kier molecular flexibility index (Phi) is 2.29. The first-order valence-electron chi connectivity index (χ1n) is 4.58. The minimum atomic E-state index is -4.54. The first-order chi connectivity index (χ1) is 7.41. The first-order valence-corrected chi connectivity index (χ1v) is 4.58. The average molecular weight is 231 g/mol. The van der Waals surface area contributed by atoms with Gasteiger partial charge in [0.05, 0.1) is 5.69 Å². The van der Waals surface area contributed by atoms with Crippen LogP contribution in [-0.4, -0.2) is 23.4 Å². The van der Waals surface area contributed by atoms with Crippen molar-refractivity contribution >= 4 is 11.8 Å². The van der Waals surface area contributed by atoms with Gasteiger partial charge >= 0.3 is 12.3 Å². The lowest BCUT2D eigenvalue weighted by molar-refractivity contribution is -0.145. The lowest BCUT2D eigenvalue weighted by atomic mass is 10.1. The van der Waals surface area contributed by atoms with E-state index < -0.39 is 18.3 Å². The number of halogens is 3. The van der Waals surface area contributed by atoms with E-state index in [1.54, 1.807) is 6.07 Å². The molecular weight excluding hydrogens is 223 g/mol. The van der Waals surface area contributed by atoms with Crippen LogP contribution in [0, 0.1) is 0 Å². The Morgan fingerprint density at radius 1 is 1.38 bits per heavy atom. The fraction of sp³-hybridized carbons (Fsp3) is 0.300. The van der Waals surface area contributed by atoms with Crippen molar-refractivity contribution in [2.24, 2.45) is 0 Å². The average Bonchev–Trinajstić information content (AvgIpc) is 2.55. The molecule has 0 spiro atoms. The molecule has 0 aromatic heterocycles. The van der Waals surface area contributed by atoms with E-state index in [4.69, 9.17) is 5.11 Å². The van der Waals surface area contributed by atoms with E-state index in [0.29, 0.717) is 10.5 Å². The number of rotatable bonds is 0. The molecule has 0 fully saturated rings. The zero-order chi connectivity index (χ0) is 11.9. The summed E-state index contributed by atoms with van der Waals surface area (Å²) in [6.45, 7) is 0. The number of para-hydroxylation sites is 1. The van der Waals surface area contributed by atoms with Crippen molar-refractivity contribution in [1.82, 2.24) is 0 Å². The third-order valence-electron chi connectivity index (χ3n) is 2.56. The second-order valence-corrected chi connectivity index (χ2v) is 3.54. The number of anilines is 1. The normalized spacial score (nSPS) is 19.7. The van der Waals surface area contributed by atoms with Crippen LogP contribution in [0.15, 0.2) is 24.3 Å². The summed E-state index contributed by atoms with van der Waals surface area (Å²) in [5.74, 6) is 0. The maximum atomic E-state index is 12.6. The highest BCUT2D eigenvalue weighted by Gasteiger charge is 2.50. The number of hydrogen-bond acceptors (Lipinski definition) is 1. The monoisotopic (exact) mass is 231 g/mol. The summed E-state index contributed by atoms with van der Waals surface area (Å²) < 4.78 is 37.9. The van der Waals surface area contributed by atoms with Crippen molar-refractivity contribution in [3.05, 3.63) is 29.8 Å². The number of fused-ring (bicyclic) bond motifs is 1. The Morgan fingerprint density at radius 2 is 2.00 bits per heavy atom. The van der Waals surface area contributed by atoms with Crippen LogP contribution in [0.3, 0.4) is 0 Å². The second kappa shape index (κ2) is 3.40. The molecule has 86 valence electrons. The predicted molar refractivity (Wildman–Crippen MR) is 50.5 cm³/mol. The van der Waals surface area contributed by atoms with Crippen molar-refractivity contribution in [1.29, 1.82) is 0 Å². The molecule has 1 N–H and O–H groups in total. The first kappa shape index (κ1) is 10.8. The Hall–Kier alpha value is -1.72. The molecule has 0 saturated heterocycles. The SMILES string of the molecule is O=C(O)N1c2ccccc2CC1C(F)(F)F. The summed E-state index contributed by atoms with van der Waals surface area (Å²) in [6.07, 6.45) is -6.43. The Labute approximate surface area is 89.1 Å². The Morgan fingerprint density at radius 3 is 2.56 bits per heavy atom. The zero-order valence-electron chi connectivity index (χ0n) is 8.03. The Balaban J connectivity index is 2.46. The summed E-state index contributed by atoms with van der Waals surface area (Å²) in [5.41, 5.74) is 0.532. The van der Waals surface area contributed by atoms with E-state index in [0.717, 1.165) is 0 Å². The minimum absolute atomic E-state index is 0.123. The standard InChI is InChI=1S/C10H8F3NO2/c11-10(12,13)8-5-6-3-1-2-4-7(6)14(8)9(15)16/h1-4,8H,5H2,(H,15,16). The van der Waals surface area contributed by atoms with Gasteiger partial charge in [-0.1, -0.05) is 18.2 Å². The maximum absolute atomic E-state index is 12.6. The molecular formula is C10H8F3NO2. The fourth-order valence-electron chi connectivity index (χ4n) is 1.88. The number of carbonyl (C=O) groups is 1. The van der Waals surface area contributed by atoms with E-state index in [1.807, 2.05) is 0 Å². The molecule has 1 aliphatic heterocycles. The molecule has 1 unspecified atom stereocenters. The summed E-state index contributed by atoms with van der Waals surface area (Å²) in [5, 5.41) is 8.82. The highest BCUT2D eigenvalue weighted by atomic mass is 19.4. The Bertz CT molecular complexity index is 430. The summed E-state index contributed by atoms with van der Waals surface area (Å²) >= 11 is 0. The van der Waals surface area contributed by atoms with Crippen LogP contribution in [0.2, 0.25) is 0 Å². The van der Waals surface area contributed by atoms with E-state index >= 15 is 0 Å². The fourth-order valence-corrected chi connectivity index (χ4v) is 1.88. The number of amides is 1. The van der Waals surface area contributed by atoms with Crippen LogP contribution in [-0.2, 0) is 6.42 Å². The zero-order valence-corrected chi connectivity index (χ0v) is 8.03. The van der Waals surface area contributed by atoms with Crippen molar-refractivity contribution in [2.75, 3.05) is 4.90 Å². The second-order valence-electron chi connectivity index (χ2n) is 3.54. The number of alkyl halides is 3. The maximum Gasteiger partial charge on any atom is 0.412 e. The van der Waals surface area contributed by atoms with Crippen LogP contribution in [0.4, 0.5) is 23.7 Å². The number of benzene rings is 1. The van der Waals surface area contributed by atoms with Gasteiger partial charge in [0.2, 0.25) is 0 Å². The molecule has 2 rings (SSSR count). The molecule has 1 aromatic carbocycles. The molecule has 1 amide bonds. The molecule has 0 radical (unpaired) electrons. The van der Waals surface area contributed by atoms with Gasteiger partial charge in [-0.25, -0.2) is 4.79 Å². The molecule has 0 saturated carbocycles. The third kappa shape index (κ3) is 1.60. The number of nitrogens with zero attached hydrogens (tertiary/aromatic N) is 1. The van der Waals surface area contributed by atoms with Gasteiger partial charge in [-0.15, -0.1) is 0 Å². The summed E-state index contributed by atoms with van der Waals surface area (Å²) in [7, 11) is 0. The van der Waals surface area contributed by atoms with Gasteiger partial charge in [-0.2, -0.15) is 13.2 Å². The van der Waals surface area contributed by atoms with E-state index in [9.17, 15) is 18.0 Å². The van der Waals surface area contributed by atoms with Crippen LogP contribution in [0.25, 0.3) is 0 Å². The van der Waals surface area contributed by atoms with Gasteiger partial charge < -0.3 is 5.11 Å². The topological polar surface area (TPSA) is 40.5 Å². The van der Waals surface area contributed by atoms with Crippen molar-refractivity contribution in [3.63, 3.8) is 0 Å². The minimum Gasteiger partial charge on any atom is -0.465 e. The highest BCUT2D eigenvalue weighted by Crippen LogP contribution is 2.39. The number of carboxylic acid groups (broad SMARTS) is 1. The molecule has 0 bridgehead atoms. The lowest BCUT2D eigenvalue weighted by Crippen LogP contribution is -2.46. The molecule has 1 aromatic rings. The smallest absolute Gasteiger partial charge is 0.412 e. The summed E-state index contributed by atoms with van der Waals surface area (Å²) in [4.78, 5) is 11.2. The lowest BCUT2D eigenvalue weighted by Gasteiger charge is -2.24. The van der Waals surface area contributed by atoms with Crippen LogP contribution < -0.4 is 4.90 Å². The molecule has 0 aliphatic carbocycles. The van der Waals surface area contributed by atoms with Gasteiger partial charge in [-0.3, -0.25) is 4.90 Å². The predicted octanol–water partition coefficient (Wildman–Crippen LogP) is 2.66. The summed E-state index contributed by atoms with van der Waals surface area (Å²) in [6, 6.07) is 4.04. The van der Waals surface area contributed by atoms with Gasteiger partial charge in [0, 0.05) is 6.42 Å². The van der Waals surface area contributed by atoms with Crippen molar-refractivity contribution < 1.29 is 23.1 Å².